The second-order valence-corrected chi connectivity index (χ2v) is 6.62. The summed E-state index contributed by atoms with van der Waals surface area (Å²) in [5, 5.41) is 5.46. The first-order valence-electron chi connectivity index (χ1n) is 8.30. The topological polar surface area (TPSA) is 61.4 Å². The SMILES string of the molecule is C[C@@H](C(=O)Nc1ccc(Cl)cc1)N(C)CC(=O)Nc1ccccc1C(F)(F)F. The number of nitrogens with zero attached hydrogens (tertiary/aromatic N) is 1. The fraction of sp³-hybridized carbons (Fsp3) is 0.263. The molecule has 0 heterocycles. The molecule has 0 aliphatic heterocycles. The first-order chi connectivity index (χ1) is 13.1. The van der Waals surface area contributed by atoms with Gasteiger partial charge < -0.3 is 10.6 Å². The second-order valence-electron chi connectivity index (χ2n) is 6.18. The molecule has 2 aromatic carbocycles. The lowest BCUT2D eigenvalue weighted by Crippen LogP contribution is -2.43. The van der Waals surface area contributed by atoms with Gasteiger partial charge in [-0.25, -0.2) is 0 Å². The minimum atomic E-state index is -4.58. The number of carbonyl (C=O) groups excluding carboxylic acids is 2. The maximum absolute atomic E-state index is 13.0. The normalized spacial score (nSPS) is 12.5. The van der Waals surface area contributed by atoms with Gasteiger partial charge in [0.25, 0.3) is 0 Å². The van der Waals surface area contributed by atoms with Crippen molar-refractivity contribution < 1.29 is 22.8 Å². The molecule has 0 saturated carbocycles. The van der Waals surface area contributed by atoms with Crippen molar-refractivity contribution in [1.29, 1.82) is 0 Å². The van der Waals surface area contributed by atoms with Crippen LogP contribution in [-0.4, -0.2) is 36.3 Å². The lowest BCUT2D eigenvalue weighted by molar-refractivity contribution is -0.137. The first-order valence-corrected chi connectivity index (χ1v) is 8.68. The van der Waals surface area contributed by atoms with Crippen molar-refractivity contribution in [2.75, 3.05) is 24.2 Å². The highest BCUT2D eigenvalue weighted by atomic mass is 35.5. The molecule has 9 heteroatoms. The summed E-state index contributed by atoms with van der Waals surface area (Å²) in [7, 11) is 1.53. The summed E-state index contributed by atoms with van der Waals surface area (Å²) >= 11 is 5.79. The van der Waals surface area contributed by atoms with Crippen LogP contribution >= 0.6 is 11.6 Å². The van der Waals surface area contributed by atoms with Crippen LogP contribution in [0.15, 0.2) is 48.5 Å². The number of rotatable bonds is 6. The molecule has 28 heavy (non-hydrogen) atoms. The first kappa shape index (κ1) is 21.7. The minimum absolute atomic E-state index is 0.263. The van der Waals surface area contributed by atoms with Crippen molar-refractivity contribution in [1.82, 2.24) is 4.90 Å². The summed E-state index contributed by atoms with van der Waals surface area (Å²) in [4.78, 5) is 25.9. The van der Waals surface area contributed by atoms with E-state index in [-0.39, 0.29) is 18.1 Å². The summed E-state index contributed by atoms with van der Waals surface area (Å²) in [5.74, 6) is -1.03. The number of benzene rings is 2. The minimum Gasteiger partial charge on any atom is -0.325 e. The largest absolute Gasteiger partial charge is 0.418 e. The molecular formula is C19H19ClF3N3O2. The third kappa shape index (κ3) is 5.97. The smallest absolute Gasteiger partial charge is 0.325 e. The number of nitrogens with one attached hydrogen (secondary N) is 2. The Morgan fingerprint density at radius 2 is 1.68 bits per heavy atom. The number of para-hydroxylation sites is 1. The lowest BCUT2D eigenvalue weighted by atomic mass is 10.1. The zero-order valence-electron chi connectivity index (χ0n) is 15.2. The Morgan fingerprint density at radius 1 is 1.07 bits per heavy atom. The highest BCUT2D eigenvalue weighted by molar-refractivity contribution is 6.30. The highest BCUT2D eigenvalue weighted by Gasteiger charge is 2.33. The Labute approximate surface area is 165 Å². The molecule has 0 saturated heterocycles. The Morgan fingerprint density at radius 3 is 2.29 bits per heavy atom. The van der Waals surface area contributed by atoms with Crippen LogP contribution in [0.4, 0.5) is 24.5 Å². The second kappa shape index (κ2) is 9.07. The van der Waals surface area contributed by atoms with Gasteiger partial charge in [-0.3, -0.25) is 14.5 Å². The van der Waals surface area contributed by atoms with Gasteiger partial charge in [-0.05, 0) is 50.4 Å². The van der Waals surface area contributed by atoms with Crippen LogP contribution in [0.1, 0.15) is 12.5 Å². The molecule has 2 rings (SSSR count). The predicted molar refractivity (Wildman–Crippen MR) is 102 cm³/mol. The van der Waals surface area contributed by atoms with Gasteiger partial charge in [0.05, 0.1) is 23.8 Å². The van der Waals surface area contributed by atoms with Crippen LogP contribution in [0.3, 0.4) is 0 Å². The number of hydrogen-bond donors (Lipinski definition) is 2. The van der Waals surface area contributed by atoms with Gasteiger partial charge in [0, 0.05) is 10.7 Å². The molecule has 2 aromatic rings. The van der Waals surface area contributed by atoms with Crippen molar-refractivity contribution in [3.8, 4) is 0 Å². The molecule has 5 nitrogen and oxygen atoms in total. The van der Waals surface area contributed by atoms with E-state index in [1.807, 2.05) is 0 Å². The Kier molecular flexibility index (Phi) is 7.04. The average Bonchev–Trinajstić information content (AvgIpc) is 2.62. The number of alkyl halides is 3. The fourth-order valence-corrected chi connectivity index (χ4v) is 2.50. The van der Waals surface area contributed by atoms with Gasteiger partial charge in [0.15, 0.2) is 0 Å². The maximum atomic E-state index is 13.0. The van der Waals surface area contributed by atoms with E-state index in [1.54, 1.807) is 31.2 Å². The quantitative estimate of drug-likeness (QED) is 0.744. The summed E-state index contributed by atoms with van der Waals surface area (Å²) in [5.41, 5.74) is -0.718. The summed E-state index contributed by atoms with van der Waals surface area (Å²) in [6.07, 6.45) is -4.58. The fourth-order valence-electron chi connectivity index (χ4n) is 2.37. The monoisotopic (exact) mass is 413 g/mol. The summed E-state index contributed by atoms with van der Waals surface area (Å²) in [6.45, 7) is 1.32. The van der Waals surface area contributed by atoms with Crippen molar-refractivity contribution in [2.45, 2.75) is 19.1 Å². The summed E-state index contributed by atoms with van der Waals surface area (Å²) in [6, 6.07) is 10.5. The molecule has 0 aromatic heterocycles. The van der Waals surface area contributed by atoms with Gasteiger partial charge in [0.2, 0.25) is 11.8 Å². The van der Waals surface area contributed by atoms with Crippen molar-refractivity contribution in [2.24, 2.45) is 0 Å². The van der Waals surface area contributed by atoms with Crippen LogP contribution in [0.25, 0.3) is 0 Å². The van der Waals surface area contributed by atoms with Gasteiger partial charge in [-0.15, -0.1) is 0 Å². The molecule has 2 amide bonds. The predicted octanol–water partition coefficient (Wildman–Crippen LogP) is 4.26. The number of halogens is 4. The Balaban J connectivity index is 1.96. The average molecular weight is 414 g/mol. The van der Waals surface area contributed by atoms with E-state index in [0.29, 0.717) is 10.7 Å². The third-order valence-electron chi connectivity index (χ3n) is 4.05. The van der Waals surface area contributed by atoms with Gasteiger partial charge in [0.1, 0.15) is 0 Å². The van der Waals surface area contributed by atoms with Crippen molar-refractivity contribution in [3.05, 3.63) is 59.1 Å². The standard InChI is InChI=1S/C19H19ClF3N3O2/c1-12(18(28)24-14-9-7-13(20)8-10-14)26(2)11-17(27)25-16-6-4-3-5-15(16)19(21,22)23/h3-10,12H,11H2,1-2H3,(H,24,28)(H,25,27)/t12-/m0/s1. The number of carbonyl (C=O) groups is 2. The number of anilines is 2. The number of amides is 2. The molecule has 0 spiro atoms. The van der Waals surface area contributed by atoms with E-state index >= 15 is 0 Å². The molecule has 2 N–H and O–H groups in total. The zero-order chi connectivity index (χ0) is 20.9. The number of likely N-dealkylation sites (N-methyl/N-ethyl adjacent to an activating group) is 1. The molecule has 0 unspecified atom stereocenters. The van der Waals surface area contributed by atoms with Crippen LogP contribution in [-0.2, 0) is 15.8 Å². The van der Waals surface area contributed by atoms with E-state index in [1.165, 1.54) is 30.1 Å². The molecule has 0 radical (unpaired) electrons. The van der Waals surface area contributed by atoms with E-state index in [0.717, 1.165) is 6.07 Å². The molecule has 150 valence electrons. The van der Waals surface area contributed by atoms with Crippen LogP contribution in [0.5, 0.6) is 0 Å². The van der Waals surface area contributed by atoms with Crippen LogP contribution < -0.4 is 10.6 Å². The lowest BCUT2D eigenvalue weighted by Gasteiger charge is -2.23. The van der Waals surface area contributed by atoms with Gasteiger partial charge in [-0.1, -0.05) is 23.7 Å². The van der Waals surface area contributed by atoms with E-state index < -0.39 is 23.7 Å². The Bertz CT molecular complexity index is 841. The van der Waals surface area contributed by atoms with Crippen LogP contribution in [0, 0.1) is 0 Å². The highest BCUT2D eigenvalue weighted by Crippen LogP contribution is 2.34. The molecule has 0 aliphatic rings. The van der Waals surface area contributed by atoms with E-state index in [2.05, 4.69) is 10.6 Å². The van der Waals surface area contributed by atoms with Crippen molar-refractivity contribution >= 4 is 34.8 Å². The molecule has 0 bridgehead atoms. The molecule has 1 atom stereocenters. The maximum Gasteiger partial charge on any atom is 0.418 e. The molecular weight excluding hydrogens is 395 g/mol. The third-order valence-corrected chi connectivity index (χ3v) is 4.30. The van der Waals surface area contributed by atoms with E-state index in [9.17, 15) is 22.8 Å². The van der Waals surface area contributed by atoms with E-state index in [4.69, 9.17) is 11.6 Å². The van der Waals surface area contributed by atoms with Gasteiger partial charge in [-0.2, -0.15) is 13.2 Å². The Hall–Kier alpha value is -2.58. The molecule has 0 aliphatic carbocycles. The van der Waals surface area contributed by atoms with Gasteiger partial charge >= 0.3 is 6.18 Å². The van der Waals surface area contributed by atoms with Crippen LogP contribution in [0.2, 0.25) is 5.02 Å². The summed E-state index contributed by atoms with van der Waals surface area (Å²) < 4.78 is 39.0. The number of hydrogen-bond acceptors (Lipinski definition) is 3. The zero-order valence-corrected chi connectivity index (χ0v) is 15.9. The van der Waals surface area contributed by atoms with Crippen molar-refractivity contribution in [3.63, 3.8) is 0 Å². The molecule has 0 fully saturated rings.